The molecule has 1 rings (SSSR count). The SMILES string of the molecule is C=CCN(C)c1cc(O)cc(O)c1. The first-order valence-corrected chi connectivity index (χ1v) is 3.98. The van der Waals surface area contributed by atoms with Gasteiger partial charge in [-0.2, -0.15) is 0 Å². The summed E-state index contributed by atoms with van der Waals surface area (Å²) >= 11 is 0. The summed E-state index contributed by atoms with van der Waals surface area (Å²) in [5.41, 5.74) is 0.761. The molecule has 0 aliphatic rings. The Hall–Kier alpha value is -1.64. The summed E-state index contributed by atoms with van der Waals surface area (Å²) in [7, 11) is 1.86. The average molecular weight is 179 g/mol. The lowest BCUT2D eigenvalue weighted by molar-refractivity contribution is 0.450. The van der Waals surface area contributed by atoms with Crippen LogP contribution in [0.15, 0.2) is 30.9 Å². The van der Waals surface area contributed by atoms with Crippen LogP contribution in [-0.4, -0.2) is 23.8 Å². The standard InChI is InChI=1S/C10H13NO2/c1-3-4-11(2)8-5-9(12)7-10(13)6-8/h3,5-7,12-13H,1,4H2,2H3. The van der Waals surface area contributed by atoms with Gasteiger partial charge in [0.25, 0.3) is 0 Å². The van der Waals surface area contributed by atoms with Crippen LogP contribution in [0.1, 0.15) is 0 Å². The molecule has 0 fully saturated rings. The van der Waals surface area contributed by atoms with Gasteiger partial charge in [-0.15, -0.1) is 6.58 Å². The Labute approximate surface area is 77.5 Å². The largest absolute Gasteiger partial charge is 0.508 e. The van der Waals surface area contributed by atoms with Crippen molar-refractivity contribution in [1.82, 2.24) is 0 Å². The lowest BCUT2D eigenvalue weighted by Crippen LogP contribution is -2.16. The zero-order chi connectivity index (χ0) is 9.84. The Bertz CT molecular complexity index is 290. The molecule has 0 bridgehead atoms. The van der Waals surface area contributed by atoms with Crippen LogP contribution in [0.2, 0.25) is 0 Å². The smallest absolute Gasteiger partial charge is 0.121 e. The molecule has 2 N–H and O–H groups in total. The monoisotopic (exact) mass is 179 g/mol. The van der Waals surface area contributed by atoms with E-state index in [9.17, 15) is 10.2 Å². The number of anilines is 1. The third-order valence-electron chi connectivity index (χ3n) is 1.73. The zero-order valence-electron chi connectivity index (χ0n) is 7.57. The lowest BCUT2D eigenvalue weighted by Gasteiger charge is -2.17. The lowest BCUT2D eigenvalue weighted by atomic mass is 10.2. The summed E-state index contributed by atoms with van der Waals surface area (Å²) < 4.78 is 0. The van der Waals surface area contributed by atoms with Crippen molar-refractivity contribution in [2.24, 2.45) is 0 Å². The topological polar surface area (TPSA) is 43.7 Å². The molecule has 0 aliphatic carbocycles. The first-order chi connectivity index (χ1) is 6.13. The summed E-state index contributed by atoms with van der Waals surface area (Å²) in [5.74, 6) is 0.122. The van der Waals surface area contributed by atoms with E-state index >= 15 is 0 Å². The third-order valence-corrected chi connectivity index (χ3v) is 1.73. The van der Waals surface area contributed by atoms with E-state index in [4.69, 9.17) is 0 Å². The molecule has 0 radical (unpaired) electrons. The van der Waals surface area contributed by atoms with Crippen LogP contribution in [0.5, 0.6) is 11.5 Å². The van der Waals surface area contributed by atoms with E-state index in [0.717, 1.165) is 5.69 Å². The molecule has 0 atom stereocenters. The Balaban J connectivity index is 2.93. The summed E-state index contributed by atoms with van der Waals surface area (Å²) in [6.07, 6.45) is 1.75. The van der Waals surface area contributed by atoms with E-state index in [1.54, 1.807) is 18.2 Å². The number of nitrogens with zero attached hydrogens (tertiary/aromatic N) is 1. The third kappa shape index (κ3) is 2.40. The molecule has 0 unspecified atom stereocenters. The highest BCUT2D eigenvalue weighted by Gasteiger charge is 2.02. The van der Waals surface area contributed by atoms with Gasteiger partial charge in [0.1, 0.15) is 11.5 Å². The van der Waals surface area contributed by atoms with Gasteiger partial charge in [-0.3, -0.25) is 0 Å². The van der Waals surface area contributed by atoms with Gasteiger partial charge >= 0.3 is 0 Å². The molecule has 0 saturated heterocycles. The number of phenolic OH excluding ortho intramolecular Hbond substituents is 2. The highest BCUT2D eigenvalue weighted by molar-refractivity contribution is 5.54. The Morgan fingerprint density at radius 3 is 2.31 bits per heavy atom. The van der Waals surface area contributed by atoms with Crippen molar-refractivity contribution in [3.05, 3.63) is 30.9 Å². The molecule has 70 valence electrons. The number of hydrogen-bond acceptors (Lipinski definition) is 3. The van der Waals surface area contributed by atoms with Gasteiger partial charge < -0.3 is 15.1 Å². The first-order valence-electron chi connectivity index (χ1n) is 3.98. The molecule has 13 heavy (non-hydrogen) atoms. The predicted octanol–water partition coefficient (Wildman–Crippen LogP) is 1.72. The van der Waals surface area contributed by atoms with Gasteiger partial charge in [0, 0.05) is 37.5 Å². The summed E-state index contributed by atoms with van der Waals surface area (Å²) in [6, 6.07) is 4.47. The van der Waals surface area contributed by atoms with Crippen LogP contribution in [0.25, 0.3) is 0 Å². The summed E-state index contributed by atoms with van der Waals surface area (Å²) in [4.78, 5) is 1.87. The molecule has 0 aromatic heterocycles. The van der Waals surface area contributed by atoms with Crippen molar-refractivity contribution in [2.75, 3.05) is 18.5 Å². The van der Waals surface area contributed by atoms with Gasteiger partial charge in [-0.25, -0.2) is 0 Å². The van der Waals surface area contributed by atoms with Crippen LogP contribution in [-0.2, 0) is 0 Å². The maximum Gasteiger partial charge on any atom is 0.121 e. The molecule has 0 saturated carbocycles. The minimum Gasteiger partial charge on any atom is -0.508 e. The number of rotatable bonds is 3. The fourth-order valence-electron chi connectivity index (χ4n) is 1.10. The zero-order valence-corrected chi connectivity index (χ0v) is 7.57. The van der Waals surface area contributed by atoms with Crippen LogP contribution < -0.4 is 4.90 Å². The Morgan fingerprint density at radius 2 is 1.85 bits per heavy atom. The van der Waals surface area contributed by atoms with Crippen molar-refractivity contribution in [2.45, 2.75) is 0 Å². The second-order valence-corrected chi connectivity index (χ2v) is 2.88. The molecule has 0 heterocycles. The van der Waals surface area contributed by atoms with E-state index in [0.29, 0.717) is 6.54 Å². The highest BCUT2D eigenvalue weighted by atomic mass is 16.3. The quantitative estimate of drug-likeness (QED) is 0.694. The van der Waals surface area contributed by atoms with Gasteiger partial charge in [0.05, 0.1) is 0 Å². The van der Waals surface area contributed by atoms with Gasteiger partial charge in [0.2, 0.25) is 0 Å². The minimum atomic E-state index is 0.0610. The number of hydrogen-bond donors (Lipinski definition) is 2. The highest BCUT2D eigenvalue weighted by Crippen LogP contribution is 2.25. The molecule has 0 amide bonds. The first kappa shape index (κ1) is 9.45. The van der Waals surface area contributed by atoms with E-state index in [1.165, 1.54) is 6.07 Å². The van der Waals surface area contributed by atoms with E-state index in [-0.39, 0.29) is 11.5 Å². The Morgan fingerprint density at radius 1 is 1.31 bits per heavy atom. The summed E-state index contributed by atoms with van der Waals surface area (Å²) in [6.45, 7) is 4.27. The van der Waals surface area contributed by atoms with Crippen LogP contribution >= 0.6 is 0 Å². The number of likely N-dealkylation sites (N-methyl/N-ethyl adjacent to an activating group) is 1. The second kappa shape index (κ2) is 3.85. The van der Waals surface area contributed by atoms with Crippen molar-refractivity contribution in [1.29, 1.82) is 0 Å². The van der Waals surface area contributed by atoms with Gasteiger partial charge in [-0.1, -0.05) is 6.08 Å². The Kier molecular flexibility index (Phi) is 2.80. The van der Waals surface area contributed by atoms with E-state index in [1.807, 2.05) is 11.9 Å². The fourth-order valence-corrected chi connectivity index (χ4v) is 1.10. The molecule has 0 spiro atoms. The molecule has 1 aromatic rings. The van der Waals surface area contributed by atoms with Crippen molar-refractivity contribution in [3.8, 4) is 11.5 Å². The van der Waals surface area contributed by atoms with E-state index in [2.05, 4.69) is 6.58 Å². The number of phenols is 2. The van der Waals surface area contributed by atoms with Crippen LogP contribution in [0.4, 0.5) is 5.69 Å². The maximum absolute atomic E-state index is 9.20. The fraction of sp³-hybridized carbons (Fsp3) is 0.200. The predicted molar refractivity (Wildman–Crippen MR) is 53.2 cm³/mol. The molecule has 3 heteroatoms. The van der Waals surface area contributed by atoms with Crippen LogP contribution in [0.3, 0.4) is 0 Å². The van der Waals surface area contributed by atoms with Crippen molar-refractivity contribution < 1.29 is 10.2 Å². The van der Waals surface area contributed by atoms with Gasteiger partial charge in [-0.05, 0) is 0 Å². The van der Waals surface area contributed by atoms with Gasteiger partial charge in [0.15, 0.2) is 0 Å². The van der Waals surface area contributed by atoms with E-state index < -0.39 is 0 Å². The molecule has 1 aromatic carbocycles. The summed E-state index contributed by atoms with van der Waals surface area (Å²) in [5, 5.41) is 18.4. The normalized spacial score (nSPS) is 9.62. The minimum absolute atomic E-state index is 0.0610. The van der Waals surface area contributed by atoms with Crippen LogP contribution in [0, 0.1) is 0 Å². The molecule has 0 aliphatic heterocycles. The maximum atomic E-state index is 9.20. The second-order valence-electron chi connectivity index (χ2n) is 2.88. The van der Waals surface area contributed by atoms with Crippen molar-refractivity contribution >= 4 is 5.69 Å². The van der Waals surface area contributed by atoms with Crippen molar-refractivity contribution in [3.63, 3.8) is 0 Å². The molecular formula is C10H13NO2. The molecule has 3 nitrogen and oxygen atoms in total. The number of benzene rings is 1. The average Bonchev–Trinajstić information content (AvgIpc) is 2.03. The molecular weight excluding hydrogens is 166 g/mol. The number of aromatic hydroxyl groups is 2.